The van der Waals surface area contributed by atoms with Gasteiger partial charge in [0.25, 0.3) is 5.91 Å². The SMILES string of the molecule is O=C1/C(=C\c2cccs2)SC(=S)N1CCC(=O)N1CCCc2ccccc21. The highest BCUT2D eigenvalue weighted by Crippen LogP contribution is 2.33. The van der Waals surface area contributed by atoms with E-state index in [0.717, 1.165) is 30.0 Å². The van der Waals surface area contributed by atoms with Crippen LogP contribution in [-0.4, -0.2) is 34.1 Å². The zero-order valence-corrected chi connectivity index (χ0v) is 17.0. The Morgan fingerprint density at radius 3 is 2.89 bits per heavy atom. The first-order valence-electron chi connectivity index (χ1n) is 8.80. The second-order valence-corrected chi connectivity index (χ2v) is 9.03. The minimum absolute atomic E-state index is 0.0402. The molecule has 1 saturated heterocycles. The lowest BCUT2D eigenvalue weighted by molar-refractivity contribution is -0.123. The number of thiophene rings is 1. The van der Waals surface area contributed by atoms with Crippen molar-refractivity contribution in [2.45, 2.75) is 19.3 Å². The number of thioether (sulfide) groups is 1. The van der Waals surface area contributed by atoms with Crippen molar-refractivity contribution in [3.8, 4) is 0 Å². The third-order valence-electron chi connectivity index (χ3n) is 4.65. The summed E-state index contributed by atoms with van der Waals surface area (Å²) >= 11 is 8.25. The fraction of sp³-hybridized carbons (Fsp3) is 0.250. The molecule has 0 saturated carbocycles. The highest BCUT2D eigenvalue weighted by Gasteiger charge is 2.33. The molecule has 2 aliphatic heterocycles. The van der Waals surface area contributed by atoms with Gasteiger partial charge in [-0.3, -0.25) is 14.5 Å². The molecule has 4 nitrogen and oxygen atoms in total. The summed E-state index contributed by atoms with van der Waals surface area (Å²) in [5.74, 6) is -0.0660. The molecule has 0 unspecified atom stereocenters. The maximum atomic E-state index is 12.8. The predicted molar refractivity (Wildman–Crippen MR) is 116 cm³/mol. The number of para-hydroxylation sites is 1. The molecule has 2 aliphatic rings. The Hall–Kier alpha value is -1.96. The van der Waals surface area contributed by atoms with Crippen molar-refractivity contribution in [3.63, 3.8) is 0 Å². The number of hydrogen-bond acceptors (Lipinski definition) is 5. The van der Waals surface area contributed by atoms with Crippen molar-refractivity contribution in [3.05, 3.63) is 57.1 Å². The fourth-order valence-corrected chi connectivity index (χ4v) is 5.36. The van der Waals surface area contributed by atoms with Gasteiger partial charge in [0.15, 0.2) is 0 Å². The second kappa shape index (κ2) is 7.96. The summed E-state index contributed by atoms with van der Waals surface area (Å²) in [5.41, 5.74) is 2.21. The van der Waals surface area contributed by atoms with E-state index in [1.165, 1.54) is 17.3 Å². The standard InChI is InChI=1S/C20H18N2O2S3/c23-18(21-10-3-6-14-5-1-2-8-16(14)21)9-11-22-19(24)17(27-20(22)25)13-15-7-4-12-26-15/h1-2,4-5,7-8,12-13H,3,6,9-11H2/b17-13+. The van der Waals surface area contributed by atoms with E-state index in [9.17, 15) is 9.59 Å². The van der Waals surface area contributed by atoms with Gasteiger partial charge in [0.2, 0.25) is 5.91 Å². The number of hydrogen-bond donors (Lipinski definition) is 0. The number of carbonyl (C=O) groups excluding carboxylic acids is 2. The summed E-state index contributed by atoms with van der Waals surface area (Å²) in [4.78, 5) is 30.5. The molecule has 0 aliphatic carbocycles. The maximum Gasteiger partial charge on any atom is 0.266 e. The lowest BCUT2D eigenvalue weighted by atomic mass is 10.0. The number of amides is 2. The van der Waals surface area contributed by atoms with Crippen molar-refractivity contribution in [2.24, 2.45) is 0 Å². The molecule has 2 aromatic rings. The number of thiocarbonyl (C=S) groups is 1. The van der Waals surface area contributed by atoms with Gasteiger partial charge in [-0.05, 0) is 42.0 Å². The maximum absolute atomic E-state index is 12.8. The zero-order valence-electron chi connectivity index (χ0n) is 14.6. The minimum Gasteiger partial charge on any atom is -0.312 e. The summed E-state index contributed by atoms with van der Waals surface area (Å²) in [5, 5.41) is 1.97. The van der Waals surface area contributed by atoms with Gasteiger partial charge in [-0.25, -0.2) is 0 Å². The van der Waals surface area contributed by atoms with Crippen molar-refractivity contribution < 1.29 is 9.59 Å². The van der Waals surface area contributed by atoms with E-state index in [1.54, 1.807) is 16.2 Å². The van der Waals surface area contributed by atoms with Crippen LogP contribution in [0.1, 0.15) is 23.3 Å². The smallest absolute Gasteiger partial charge is 0.266 e. The number of fused-ring (bicyclic) bond motifs is 1. The first-order valence-corrected chi connectivity index (χ1v) is 10.9. The number of benzene rings is 1. The number of nitrogens with zero attached hydrogens (tertiary/aromatic N) is 2. The van der Waals surface area contributed by atoms with Crippen molar-refractivity contribution >= 4 is 63.2 Å². The number of aryl methyl sites for hydroxylation is 1. The summed E-state index contributed by atoms with van der Waals surface area (Å²) in [6.07, 6.45) is 4.11. The van der Waals surface area contributed by atoms with Gasteiger partial charge in [0.1, 0.15) is 4.32 Å². The lowest BCUT2D eigenvalue weighted by Crippen LogP contribution is -2.38. The molecule has 1 aromatic heterocycles. The van der Waals surface area contributed by atoms with Crippen LogP contribution in [0.4, 0.5) is 5.69 Å². The molecule has 0 radical (unpaired) electrons. The first kappa shape index (κ1) is 18.4. The van der Waals surface area contributed by atoms with Gasteiger partial charge in [-0.15, -0.1) is 11.3 Å². The van der Waals surface area contributed by atoms with E-state index in [-0.39, 0.29) is 18.2 Å². The lowest BCUT2D eigenvalue weighted by Gasteiger charge is -2.30. The van der Waals surface area contributed by atoms with Gasteiger partial charge in [0, 0.05) is 30.1 Å². The van der Waals surface area contributed by atoms with Crippen LogP contribution in [0.25, 0.3) is 6.08 Å². The second-order valence-electron chi connectivity index (χ2n) is 6.38. The van der Waals surface area contributed by atoms with Crippen molar-refractivity contribution in [1.82, 2.24) is 4.90 Å². The molecule has 27 heavy (non-hydrogen) atoms. The number of anilines is 1. The molecule has 2 amide bonds. The Balaban J connectivity index is 1.42. The average Bonchev–Trinajstić information content (AvgIpc) is 3.28. The molecule has 4 rings (SSSR count). The monoisotopic (exact) mass is 414 g/mol. The van der Waals surface area contributed by atoms with Crippen molar-refractivity contribution in [2.75, 3.05) is 18.0 Å². The Morgan fingerprint density at radius 2 is 2.07 bits per heavy atom. The number of carbonyl (C=O) groups is 2. The van der Waals surface area contributed by atoms with Gasteiger partial charge in [0.05, 0.1) is 4.91 Å². The molecule has 138 valence electrons. The van der Waals surface area contributed by atoms with E-state index in [0.29, 0.717) is 15.8 Å². The van der Waals surface area contributed by atoms with Crippen LogP contribution >= 0.6 is 35.3 Å². The van der Waals surface area contributed by atoms with E-state index >= 15 is 0 Å². The van der Waals surface area contributed by atoms with Crippen molar-refractivity contribution in [1.29, 1.82) is 0 Å². The highest BCUT2D eigenvalue weighted by atomic mass is 32.2. The molecule has 7 heteroatoms. The highest BCUT2D eigenvalue weighted by molar-refractivity contribution is 8.26. The molecule has 0 atom stereocenters. The van der Waals surface area contributed by atoms with E-state index in [1.807, 2.05) is 46.7 Å². The molecule has 0 spiro atoms. The first-order chi connectivity index (χ1) is 13.1. The van der Waals surface area contributed by atoms with Gasteiger partial charge >= 0.3 is 0 Å². The zero-order chi connectivity index (χ0) is 18.8. The Labute approximate surface area is 171 Å². The van der Waals surface area contributed by atoms with Gasteiger partial charge in [-0.2, -0.15) is 0 Å². The molecule has 0 N–H and O–H groups in total. The summed E-state index contributed by atoms with van der Waals surface area (Å²) < 4.78 is 0.523. The van der Waals surface area contributed by atoms with Crippen LogP contribution in [0, 0.1) is 0 Å². The number of rotatable bonds is 4. The van der Waals surface area contributed by atoms with Crippen LogP contribution in [-0.2, 0) is 16.0 Å². The van der Waals surface area contributed by atoms with Gasteiger partial charge in [-0.1, -0.05) is 48.2 Å². The molecule has 1 fully saturated rings. The van der Waals surface area contributed by atoms with Crippen LogP contribution < -0.4 is 4.90 Å². The normalized spacial score (nSPS) is 18.3. The van der Waals surface area contributed by atoms with Crippen LogP contribution in [0.2, 0.25) is 0 Å². The molecular formula is C20H18N2O2S3. The Kier molecular flexibility index (Phi) is 5.43. The molecule has 0 bridgehead atoms. The Morgan fingerprint density at radius 1 is 1.22 bits per heavy atom. The van der Waals surface area contributed by atoms with E-state index in [2.05, 4.69) is 6.07 Å². The van der Waals surface area contributed by atoms with Crippen LogP contribution in [0.5, 0.6) is 0 Å². The molecular weight excluding hydrogens is 396 g/mol. The molecule has 1 aromatic carbocycles. The Bertz CT molecular complexity index is 921. The third-order valence-corrected chi connectivity index (χ3v) is 6.85. The minimum atomic E-state index is -0.106. The quantitative estimate of drug-likeness (QED) is 0.552. The summed E-state index contributed by atoms with van der Waals surface area (Å²) in [6.45, 7) is 1.05. The van der Waals surface area contributed by atoms with Gasteiger partial charge < -0.3 is 4.90 Å². The molecule has 3 heterocycles. The van der Waals surface area contributed by atoms with Crippen LogP contribution in [0.15, 0.2) is 46.7 Å². The predicted octanol–water partition coefficient (Wildman–Crippen LogP) is 4.32. The average molecular weight is 415 g/mol. The van der Waals surface area contributed by atoms with Crippen LogP contribution in [0.3, 0.4) is 0 Å². The third kappa shape index (κ3) is 3.85. The largest absolute Gasteiger partial charge is 0.312 e. The summed E-state index contributed by atoms with van der Waals surface area (Å²) in [6, 6.07) is 12.0. The topological polar surface area (TPSA) is 40.6 Å². The van der Waals surface area contributed by atoms with E-state index < -0.39 is 0 Å². The van der Waals surface area contributed by atoms with E-state index in [4.69, 9.17) is 12.2 Å². The summed E-state index contributed by atoms with van der Waals surface area (Å²) in [7, 11) is 0. The fourth-order valence-electron chi connectivity index (χ4n) is 3.33.